The number of amides is 1. The summed E-state index contributed by atoms with van der Waals surface area (Å²) in [6.07, 6.45) is 1.84. The van der Waals surface area contributed by atoms with Gasteiger partial charge in [-0.3, -0.25) is 4.79 Å². The Bertz CT molecular complexity index is 700. The maximum absolute atomic E-state index is 12.8. The molecule has 1 aliphatic rings. The summed E-state index contributed by atoms with van der Waals surface area (Å²) in [4.78, 5) is 11.9. The molecule has 0 unspecified atom stereocenters. The van der Waals surface area contributed by atoms with Crippen molar-refractivity contribution in [2.24, 2.45) is 0 Å². The summed E-state index contributed by atoms with van der Waals surface area (Å²) in [5.74, 6) is 1.17. The average molecular weight is 329 g/mol. The van der Waals surface area contributed by atoms with Crippen LogP contribution in [0, 0.1) is 5.82 Å². The Morgan fingerprint density at radius 2 is 1.71 bits per heavy atom. The summed E-state index contributed by atoms with van der Waals surface area (Å²) >= 11 is 0. The van der Waals surface area contributed by atoms with Gasteiger partial charge in [-0.1, -0.05) is 18.2 Å². The van der Waals surface area contributed by atoms with E-state index in [1.807, 2.05) is 18.2 Å². The zero-order valence-electron chi connectivity index (χ0n) is 13.4. The molecule has 0 aliphatic carbocycles. The quantitative estimate of drug-likeness (QED) is 0.917. The number of benzene rings is 2. The van der Waals surface area contributed by atoms with Crippen molar-refractivity contribution in [1.82, 2.24) is 5.32 Å². The monoisotopic (exact) mass is 329 g/mol. The Balaban J connectivity index is 1.48. The molecule has 3 rings (SSSR count). The first-order valence-electron chi connectivity index (χ1n) is 8.10. The van der Waals surface area contributed by atoms with Crippen LogP contribution in [0.5, 0.6) is 11.5 Å². The largest absolute Gasteiger partial charge is 0.490 e. The summed E-state index contributed by atoms with van der Waals surface area (Å²) in [7, 11) is 0. The van der Waals surface area contributed by atoms with Crippen LogP contribution in [-0.4, -0.2) is 25.7 Å². The second-order valence-electron chi connectivity index (χ2n) is 5.73. The highest BCUT2D eigenvalue weighted by molar-refractivity contribution is 5.78. The van der Waals surface area contributed by atoms with Crippen molar-refractivity contribution in [3.63, 3.8) is 0 Å². The van der Waals surface area contributed by atoms with Gasteiger partial charge in [0.2, 0.25) is 5.91 Å². The molecule has 126 valence electrons. The molecule has 5 heteroatoms. The van der Waals surface area contributed by atoms with Crippen molar-refractivity contribution >= 4 is 5.91 Å². The van der Waals surface area contributed by atoms with Gasteiger partial charge in [0.15, 0.2) is 11.5 Å². The lowest BCUT2D eigenvalue weighted by atomic mass is 10.1. The van der Waals surface area contributed by atoms with E-state index in [0.29, 0.717) is 26.2 Å². The second kappa shape index (κ2) is 7.81. The van der Waals surface area contributed by atoms with E-state index in [1.165, 1.54) is 12.1 Å². The minimum atomic E-state index is -0.298. The summed E-state index contributed by atoms with van der Waals surface area (Å²) in [6, 6.07) is 11.8. The van der Waals surface area contributed by atoms with Gasteiger partial charge < -0.3 is 14.8 Å². The maximum atomic E-state index is 12.8. The molecule has 0 atom stereocenters. The van der Waals surface area contributed by atoms with Gasteiger partial charge in [-0.15, -0.1) is 0 Å². The smallest absolute Gasteiger partial charge is 0.224 e. The number of hydrogen-bond acceptors (Lipinski definition) is 3. The molecule has 4 nitrogen and oxygen atoms in total. The van der Waals surface area contributed by atoms with Crippen molar-refractivity contribution in [2.45, 2.75) is 19.3 Å². The van der Waals surface area contributed by atoms with Crippen LogP contribution in [0.1, 0.15) is 17.5 Å². The number of nitrogens with one attached hydrogen (secondary N) is 1. The zero-order valence-corrected chi connectivity index (χ0v) is 13.4. The summed E-state index contributed by atoms with van der Waals surface area (Å²) < 4.78 is 24.1. The molecular formula is C19H20FNO3. The van der Waals surface area contributed by atoms with Crippen LogP contribution in [0.15, 0.2) is 42.5 Å². The lowest BCUT2D eigenvalue weighted by molar-refractivity contribution is -0.120. The van der Waals surface area contributed by atoms with Crippen LogP contribution in [0.2, 0.25) is 0 Å². The van der Waals surface area contributed by atoms with E-state index in [0.717, 1.165) is 29.0 Å². The summed E-state index contributed by atoms with van der Waals surface area (Å²) in [6.45, 7) is 1.87. The van der Waals surface area contributed by atoms with Crippen molar-refractivity contribution in [1.29, 1.82) is 0 Å². The summed E-state index contributed by atoms with van der Waals surface area (Å²) in [5, 5.41) is 2.88. The molecule has 0 saturated heterocycles. The predicted octanol–water partition coefficient (Wildman–Crippen LogP) is 2.89. The first-order valence-corrected chi connectivity index (χ1v) is 8.10. The van der Waals surface area contributed by atoms with Crippen LogP contribution >= 0.6 is 0 Å². The fourth-order valence-electron chi connectivity index (χ4n) is 2.56. The molecular weight excluding hydrogens is 309 g/mol. The van der Waals surface area contributed by atoms with Crippen LogP contribution in [-0.2, 0) is 17.6 Å². The fraction of sp³-hybridized carbons (Fsp3) is 0.316. The normalized spacial score (nSPS) is 13.2. The van der Waals surface area contributed by atoms with Crippen molar-refractivity contribution < 1.29 is 18.7 Å². The highest BCUT2D eigenvalue weighted by atomic mass is 19.1. The van der Waals surface area contributed by atoms with Gasteiger partial charge in [0.25, 0.3) is 0 Å². The molecule has 2 aromatic rings. The van der Waals surface area contributed by atoms with Crippen LogP contribution in [0.25, 0.3) is 0 Å². The highest BCUT2D eigenvalue weighted by Crippen LogP contribution is 2.30. The lowest BCUT2D eigenvalue weighted by Gasteiger charge is -2.10. The molecule has 0 bridgehead atoms. The number of hydrogen-bond donors (Lipinski definition) is 1. The second-order valence-corrected chi connectivity index (χ2v) is 5.73. The third-order valence-corrected chi connectivity index (χ3v) is 3.83. The van der Waals surface area contributed by atoms with E-state index in [1.54, 1.807) is 12.1 Å². The van der Waals surface area contributed by atoms with Crippen LogP contribution < -0.4 is 14.8 Å². The van der Waals surface area contributed by atoms with Gasteiger partial charge in [0.05, 0.1) is 19.6 Å². The summed E-state index contributed by atoms with van der Waals surface area (Å²) in [5.41, 5.74) is 1.88. The molecule has 1 heterocycles. The minimum absolute atomic E-state index is 0.0732. The Morgan fingerprint density at radius 1 is 1.00 bits per heavy atom. The van der Waals surface area contributed by atoms with Gasteiger partial charge in [-0.05, 0) is 41.8 Å². The Kier molecular flexibility index (Phi) is 5.31. The lowest BCUT2D eigenvalue weighted by Crippen LogP contribution is -2.27. The molecule has 1 N–H and O–H groups in total. The van der Waals surface area contributed by atoms with Crippen molar-refractivity contribution in [3.8, 4) is 11.5 Å². The molecule has 0 aromatic heterocycles. The predicted molar refractivity (Wildman–Crippen MR) is 88.9 cm³/mol. The van der Waals surface area contributed by atoms with Gasteiger partial charge in [0, 0.05) is 13.0 Å². The SMILES string of the molecule is O=C(Cc1ccc(F)cc1)NCCc1ccc2c(c1)OCCCO2. The number of carbonyl (C=O) groups is 1. The maximum Gasteiger partial charge on any atom is 0.224 e. The molecule has 1 aliphatic heterocycles. The molecule has 2 aromatic carbocycles. The van der Waals surface area contributed by atoms with Crippen molar-refractivity contribution in [3.05, 3.63) is 59.4 Å². The number of ether oxygens (including phenoxy) is 2. The van der Waals surface area contributed by atoms with Crippen molar-refractivity contribution in [2.75, 3.05) is 19.8 Å². The molecule has 0 fully saturated rings. The third-order valence-electron chi connectivity index (χ3n) is 3.83. The highest BCUT2D eigenvalue weighted by Gasteiger charge is 2.10. The van der Waals surface area contributed by atoms with E-state index in [2.05, 4.69) is 5.32 Å². The van der Waals surface area contributed by atoms with Gasteiger partial charge in [0.1, 0.15) is 5.82 Å². The van der Waals surface area contributed by atoms with E-state index < -0.39 is 0 Å². The first-order chi connectivity index (χ1) is 11.7. The van der Waals surface area contributed by atoms with E-state index in [9.17, 15) is 9.18 Å². The zero-order chi connectivity index (χ0) is 16.8. The fourth-order valence-corrected chi connectivity index (χ4v) is 2.56. The number of rotatable bonds is 5. The van der Waals surface area contributed by atoms with Crippen LogP contribution in [0.3, 0.4) is 0 Å². The first kappa shape index (κ1) is 16.3. The molecule has 0 spiro atoms. The Labute approximate surface area is 140 Å². The van der Waals surface area contributed by atoms with E-state index in [-0.39, 0.29) is 18.1 Å². The Morgan fingerprint density at radius 3 is 2.50 bits per heavy atom. The standard InChI is InChI=1S/C19H20FNO3/c20-16-5-2-14(3-6-16)13-19(22)21-9-8-15-4-7-17-18(12-15)24-11-1-10-23-17/h2-7,12H,1,8-11,13H2,(H,21,22). The molecule has 24 heavy (non-hydrogen) atoms. The number of halogens is 1. The molecule has 1 amide bonds. The third kappa shape index (κ3) is 4.47. The number of carbonyl (C=O) groups excluding carboxylic acids is 1. The average Bonchev–Trinajstić information content (AvgIpc) is 2.82. The topological polar surface area (TPSA) is 47.6 Å². The van der Waals surface area contributed by atoms with E-state index >= 15 is 0 Å². The van der Waals surface area contributed by atoms with Gasteiger partial charge in [-0.25, -0.2) is 4.39 Å². The molecule has 0 saturated carbocycles. The van der Waals surface area contributed by atoms with E-state index in [4.69, 9.17) is 9.47 Å². The number of fused-ring (bicyclic) bond motifs is 1. The van der Waals surface area contributed by atoms with Crippen LogP contribution in [0.4, 0.5) is 4.39 Å². The molecule has 0 radical (unpaired) electrons. The van der Waals surface area contributed by atoms with Gasteiger partial charge in [-0.2, -0.15) is 0 Å². The van der Waals surface area contributed by atoms with Gasteiger partial charge >= 0.3 is 0 Å². The Hall–Kier alpha value is -2.56. The minimum Gasteiger partial charge on any atom is -0.490 e.